The lowest BCUT2D eigenvalue weighted by Crippen LogP contribution is -2.56. The fourth-order valence-electron chi connectivity index (χ4n) is 4.66. The molecular weight excluding hydrogens is 372 g/mol. The molecule has 5 rings (SSSR count). The number of carbonyl (C=O) groups is 1. The van der Waals surface area contributed by atoms with Gasteiger partial charge in [-0.1, -0.05) is 48.5 Å². The zero-order valence-corrected chi connectivity index (χ0v) is 17.0. The van der Waals surface area contributed by atoms with Gasteiger partial charge < -0.3 is 9.80 Å². The Hall–Kier alpha value is -3.18. The molecule has 0 bridgehead atoms. The fraction of sp³-hybridized carbons (Fsp3) is 0.280. The lowest BCUT2D eigenvalue weighted by Gasteiger charge is -2.43. The summed E-state index contributed by atoms with van der Waals surface area (Å²) in [5, 5.41) is 0. The summed E-state index contributed by atoms with van der Waals surface area (Å²) in [4.78, 5) is 24.4. The minimum atomic E-state index is 0.0780. The predicted octanol–water partition coefficient (Wildman–Crippen LogP) is 3.43. The third-order valence-electron chi connectivity index (χ3n) is 6.12. The average Bonchev–Trinajstić information content (AvgIpc) is 2.96. The number of amides is 1. The van der Waals surface area contributed by atoms with Gasteiger partial charge in [-0.3, -0.25) is 14.7 Å². The van der Waals surface area contributed by atoms with Crippen molar-refractivity contribution in [3.05, 3.63) is 95.8 Å². The molecule has 1 atom stereocenters. The fourth-order valence-corrected chi connectivity index (χ4v) is 4.66. The monoisotopic (exact) mass is 398 g/mol. The van der Waals surface area contributed by atoms with Gasteiger partial charge in [-0.15, -0.1) is 0 Å². The van der Waals surface area contributed by atoms with Crippen molar-refractivity contribution in [3.63, 3.8) is 0 Å². The summed E-state index contributed by atoms with van der Waals surface area (Å²) in [6.07, 6.45) is 3.38. The predicted molar refractivity (Wildman–Crippen MR) is 118 cm³/mol. The van der Waals surface area contributed by atoms with Gasteiger partial charge in [-0.25, -0.2) is 0 Å². The molecule has 0 aliphatic carbocycles. The molecule has 30 heavy (non-hydrogen) atoms. The summed E-state index contributed by atoms with van der Waals surface area (Å²) in [7, 11) is 0. The van der Waals surface area contributed by atoms with Crippen LogP contribution in [0.4, 0.5) is 5.69 Å². The highest BCUT2D eigenvalue weighted by atomic mass is 16.2. The number of hydrogen-bond donors (Lipinski definition) is 0. The highest BCUT2D eigenvalue weighted by molar-refractivity contribution is 5.94. The minimum absolute atomic E-state index is 0.0780. The molecule has 152 valence electrons. The van der Waals surface area contributed by atoms with Crippen molar-refractivity contribution < 1.29 is 4.79 Å². The number of aromatic nitrogens is 1. The molecule has 2 aliphatic rings. The largest absolute Gasteiger partial charge is 0.364 e. The lowest BCUT2D eigenvalue weighted by molar-refractivity contribution is 0.0718. The van der Waals surface area contributed by atoms with Crippen molar-refractivity contribution in [2.75, 3.05) is 31.1 Å². The number of carbonyl (C=O) groups excluding carboxylic acids is 1. The van der Waals surface area contributed by atoms with E-state index in [9.17, 15) is 4.79 Å². The molecule has 1 aromatic heterocycles. The second-order valence-corrected chi connectivity index (χ2v) is 8.12. The summed E-state index contributed by atoms with van der Waals surface area (Å²) in [6, 6.07) is 23.1. The maximum atomic E-state index is 13.3. The molecule has 5 nitrogen and oxygen atoms in total. The van der Waals surface area contributed by atoms with Crippen molar-refractivity contribution in [3.8, 4) is 0 Å². The number of hydrogen-bond acceptors (Lipinski definition) is 4. The van der Waals surface area contributed by atoms with E-state index in [0.717, 1.165) is 32.7 Å². The van der Waals surface area contributed by atoms with Gasteiger partial charge in [0, 0.05) is 62.9 Å². The average molecular weight is 399 g/mol. The highest BCUT2D eigenvalue weighted by Crippen LogP contribution is 2.30. The van der Waals surface area contributed by atoms with Crippen molar-refractivity contribution in [1.82, 2.24) is 14.8 Å². The van der Waals surface area contributed by atoms with E-state index in [2.05, 4.69) is 69.4 Å². The van der Waals surface area contributed by atoms with Crippen LogP contribution in [-0.4, -0.2) is 52.9 Å². The number of para-hydroxylation sites is 1. The molecule has 0 radical (unpaired) electrons. The van der Waals surface area contributed by atoms with E-state index >= 15 is 0 Å². The Bertz CT molecular complexity index is 1010. The number of benzene rings is 2. The Kier molecular flexibility index (Phi) is 5.20. The van der Waals surface area contributed by atoms with Gasteiger partial charge in [-0.2, -0.15) is 0 Å². The van der Waals surface area contributed by atoms with Crippen molar-refractivity contribution >= 4 is 11.6 Å². The molecule has 3 aromatic rings. The van der Waals surface area contributed by atoms with E-state index < -0.39 is 0 Å². The van der Waals surface area contributed by atoms with Gasteiger partial charge in [0.05, 0.1) is 6.04 Å². The Labute approximate surface area is 177 Å². The van der Waals surface area contributed by atoms with Crippen LogP contribution in [0.15, 0.2) is 79.1 Å². The Morgan fingerprint density at radius 3 is 2.50 bits per heavy atom. The summed E-state index contributed by atoms with van der Waals surface area (Å²) in [5.74, 6) is 0.0780. The molecule has 0 saturated carbocycles. The van der Waals surface area contributed by atoms with E-state index in [4.69, 9.17) is 0 Å². The second-order valence-electron chi connectivity index (χ2n) is 8.12. The summed E-state index contributed by atoms with van der Waals surface area (Å²) in [6.45, 7) is 5.27. The third kappa shape index (κ3) is 3.81. The molecule has 1 saturated heterocycles. The number of rotatable bonds is 3. The standard InChI is InChI=1S/C25H26N4O/c30-25(21-10-12-26-13-11-21)28-17-22-8-4-5-9-24(22)29-15-14-27(18-23(29)19-28)16-20-6-2-1-3-7-20/h1-13,23H,14-19H2. The van der Waals surface area contributed by atoms with Gasteiger partial charge in [0.1, 0.15) is 0 Å². The van der Waals surface area contributed by atoms with E-state index in [0.29, 0.717) is 12.1 Å². The summed E-state index contributed by atoms with van der Waals surface area (Å²) in [5.41, 5.74) is 4.53. The topological polar surface area (TPSA) is 39.7 Å². The molecule has 5 heteroatoms. The first kappa shape index (κ1) is 18.8. The maximum absolute atomic E-state index is 13.3. The van der Waals surface area contributed by atoms with E-state index in [1.165, 1.54) is 16.8 Å². The van der Waals surface area contributed by atoms with Crippen molar-refractivity contribution in [1.29, 1.82) is 0 Å². The van der Waals surface area contributed by atoms with Gasteiger partial charge in [0.2, 0.25) is 0 Å². The molecule has 1 unspecified atom stereocenters. The number of fused-ring (bicyclic) bond motifs is 3. The van der Waals surface area contributed by atoms with Crippen molar-refractivity contribution in [2.24, 2.45) is 0 Å². The van der Waals surface area contributed by atoms with Crippen LogP contribution in [0.3, 0.4) is 0 Å². The van der Waals surface area contributed by atoms with Gasteiger partial charge in [0.25, 0.3) is 5.91 Å². The smallest absolute Gasteiger partial charge is 0.254 e. The van der Waals surface area contributed by atoms with Gasteiger partial charge >= 0.3 is 0 Å². The minimum Gasteiger partial charge on any atom is -0.364 e. The first-order valence-corrected chi connectivity index (χ1v) is 10.6. The number of piperazine rings is 1. The zero-order chi connectivity index (χ0) is 20.3. The van der Waals surface area contributed by atoms with Crippen LogP contribution in [0.25, 0.3) is 0 Å². The van der Waals surface area contributed by atoms with Gasteiger partial charge in [0.15, 0.2) is 0 Å². The summed E-state index contributed by atoms with van der Waals surface area (Å²) < 4.78 is 0. The van der Waals surface area contributed by atoms with Crippen molar-refractivity contribution in [2.45, 2.75) is 19.1 Å². The molecule has 3 heterocycles. The van der Waals surface area contributed by atoms with E-state index in [1.54, 1.807) is 24.5 Å². The summed E-state index contributed by atoms with van der Waals surface area (Å²) >= 11 is 0. The van der Waals surface area contributed by atoms with Crippen LogP contribution in [0.2, 0.25) is 0 Å². The Morgan fingerprint density at radius 2 is 1.67 bits per heavy atom. The number of anilines is 1. The Morgan fingerprint density at radius 1 is 0.900 bits per heavy atom. The molecular formula is C25H26N4O. The zero-order valence-electron chi connectivity index (χ0n) is 17.0. The van der Waals surface area contributed by atoms with Gasteiger partial charge in [-0.05, 0) is 29.3 Å². The molecule has 2 aromatic carbocycles. The first-order valence-electron chi connectivity index (χ1n) is 10.6. The molecule has 2 aliphatic heterocycles. The van der Waals surface area contributed by atoms with E-state index in [-0.39, 0.29) is 11.9 Å². The van der Waals surface area contributed by atoms with Crippen LogP contribution >= 0.6 is 0 Å². The SMILES string of the molecule is O=C(c1ccncc1)N1Cc2ccccc2N2CCN(Cc3ccccc3)CC2C1. The lowest BCUT2D eigenvalue weighted by atomic mass is 10.1. The first-order chi connectivity index (χ1) is 14.8. The van der Waals surface area contributed by atoms with Crippen LogP contribution in [0.1, 0.15) is 21.5 Å². The van der Waals surface area contributed by atoms with E-state index in [1.807, 2.05) is 4.90 Å². The third-order valence-corrected chi connectivity index (χ3v) is 6.12. The molecule has 0 spiro atoms. The van der Waals surface area contributed by atoms with Crippen LogP contribution in [0, 0.1) is 0 Å². The second kappa shape index (κ2) is 8.28. The number of pyridine rings is 1. The maximum Gasteiger partial charge on any atom is 0.254 e. The van der Waals surface area contributed by atoms with Crippen LogP contribution < -0.4 is 4.90 Å². The normalized spacial score (nSPS) is 19.0. The molecule has 0 N–H and O–H groups in total. The van der Waals surface area contributed by atoms with Crippen LogP contribution in [0.5, 0.6) is 0 Å². The molecule has 1 fully saturated rings. The molecule has 1 amide bonds. The highest BCUT2D eigenvalue weighted by Gasteiger charge is 2.34. The number of nitrogens with zero attached hydrogens (tertiary/aromatic N) is 4. The Balaban J connectivity index is 1.41. The van der Waals surface area contributed by atoms with Crippen LogP contribution in [-0.2, 0) is 13.1 Å². The quantitative estimate of drug-likeness (QED) is 0.678.